The summed E-state index contributed by atoms with van der Waals surface area (Å²) in [5, 5.41) is 9.20. The molecular weight excluding hydrogens is 424 g/mol. The van der Waals surface area contributed by atoms with Crippen LogP contribution in [0.1, 0.15) is 18.4 Å². The zero-order chi connectivity index (χ0) is 21.9. The molecule has 1 aromatic heterocycles. The molecule has 9 nitrogen and oxygen atoms in total. The average Bonchev–Trinajstić information content (AvgIpc) is 3.34. The molecule has 0 bridgehead atoms. The Kier molecular flexibility index (Phi) is 6.24. The van der Waals surface area contributed by atoms with Gasteiger partial charge in [-0.3, -0.25) is 15.0 Å². The SMILES string of the molecule is O=C(NO)C1(CS(=O)(=O)c2ccc(OCCc3ccncc3)cc2)CC2OCOC2C1. The van der Waals surface area contributed by atoms with Gasteiger partial charge in [-0.05, 0) is 54.8 Å². The molecule has 2 unspecified atom stereocenters. The van der Waals surface area contributed by atoms with Gasteiger partial charge >= 0.3 is 0 Å². The van der Waals surface area contributed by atoms with Crippen molar-refractivity contribution in [2.24, 2.45) is 5.41 Å². The van der Waals surface area contributed by atoms with Crippen LogP contribution in [0.5, 0.6) is 5.75 Å². The van der Waals surface area contributed by atoms with Crippen LogP contribution in [0.2, 0.25) is 0 Å². The summed E-state index contributed by atoms with van der Waals surface area (Å²) in [7, 11) is -3.81. The number of amides is 1. The number of hydroxylamine groups is 1. The molecule has 2 aromatic rings. The molecule has 1 aromatic carbocycles. The lowest BCUT2D eigenvalue weighted by Gasteiger charge is -2.27. The fraction of sp³-hybridized carbons (Fsp3) is 0.429. The first-order valence-corrected chi connectivity index (χ1v) is 11.6. The molecule has 2 heterocycles. The van der Waals surface area contributed by atoms with Gasteiger partial charge in [-0.15, -0.1) is 0 Å². The molecule has 1 aliphatic carbocycles. The van der Waals surface area contributed by atoms with E-state index < -0.39 is 26.9 Å². The molecular formula is C21H24N2O7S. The summed E-state index contributed by atoms with van der Waals surface area (Å²) in [5.74, 6) is -0.643. The largest absolute Gasteiger partial charge is 0.493 e. The van der Waals surface area contributed by atoms with Crippen LogP contribution in [0.15, 0.2) is 53.7 Å². The summed E-state index contributed by atoms with van der Waals surface area (Å²) in [4.78, 5) is 16.5. The van der Waals surface area contributed by atoms with Crippen molar-refractivity contribution in [3.63, 3.8) is 0 Å². The Balaban J connectivity index is 1.42. The summed E-state index contributed by atoms with van der Waals surface area (Å²) in [6.45, 7) is 0.570. The standard InChI is InChI=1S/C21H24N2O7S/c24-20(23-25)21(11-18-19(12-21)30-14-29-18)13-31(26,27)17-3-1-16(2-4-17)28-10-7-15-5-8-22-9-6-15/h1-6,8-9,18-19,25H,7,10-14H2,(H,23,24). The lowest BCUT2D eigenvalue weighted by atomic mass is 9.87. The number of rotatable bonds is 8. The van der Waals surface area contributed by atoms with Crippen molar-refractivity contribution < 1.29 is 32.6 Å². The summed E-state index contributed by atoms with van der Waals surface area (Å²) >= 11 is 0. The van der Waals surface area contributed by atoms with Gasteiger partial charge in [0, 0.05) is 18.8 Å². The van der Waals surface area contributed by atoms with Gasteiger partial charge < -0.3 is 14.2 Å². The van der Waals surface area contributed by atoms with Gasteiger partial charge in [0.15, 0.2) is 9.84 Å². The number of nitrogens with zero attached hydrogens (tertiary/aromatic N) is 1. The number of hydrogen-bond donors (Lipinski definition) is 2. The first-order chi connectivity index (χ1) is 14.9. The molecule has 1 saturated heterocycles. The maximum Gasteiger partial charge on any atom is 0.250 e. The number of pyridine rings is 1. The van der Waals surface area contributed by atoms with Crippen molar-refractivity contribution >= 4 is 15.7 Å². The van der Waals surface area contributed by atoms with Crippen molar-refractivity contribution in [1.82, 2.24) is 10.5 Å². The second kappa shape index (κ2) is 8.91. The van der Waals surface area contributed by atoms with E-state index >= 15 is 0 Å². The van der Waals surface area contributed by atoms with Crippen LogP contribution in [0.25, 0.3) is 0 Å². The van der Waals surface area contributed by atoms with Crippen LogP contribution >= 0.6 is 0 Å². The highest BCUT2D eigenvalue weighted by atomic mass is 32.2. The van der Waals surface area contributed by atoms with E-state index in [0.29, 0.717) is 18.8 Å². The van der Waals surface area contributed by atoms with Gasteiger partial charge in [-0.25, -0.2) is 13.9 Å². The summed E-state index contributed by atoms with van der Waals surface area (Å²) < 4.78 is 42.7. The zero-order valence-electron chi connectivity index (χ0n) is 16.8. The molecule has 2 N–H and O–H groups in total. The monoisotopic (exact) mass is 448 g/mol. The minimum absolute atomic E-state index is 0.0815. The van der Waals surface area contributed by atoms with Gasteiger partial charge in [-0.2, -0.15) is 0 Å². The number of benzene rings is 1. The summed E-state index contributed by atoms with van der Waals surface area (Å²) in [5.41, 5.74) is 1.40. The second-order valence-electron chi connectivity index (χ2n) is 7.84. The summed E-state index contributed by atoms with van der Waals surface area (Å²) in [6, 6.07) is 9.92. The number of fused-ring (bicyclic) bond motifs is 1. The lowest BCUT2D eigenvalue weighted by Crippen LogP contribution is -2.43. The third-order valence-electron chi connectivity index (χ3n) is 5.80. The van der Waals surface area contributed by atoms with Gasteiger partial charge in [0.2, 0.25) is 0 Å². The molecule has 4 rings (SSSR count). The van der Waals surface area contributed by atoms with Crippen molar-refractivity contribution in [3.05, 3.63) is 54.4 Å². The third kappa shape index (κ3) is 4.72. The minimum Gasteiger partial charge on any atom is -0.493 e. The van der Waals surface area contributed by atoms with E-state index in [1.54, 1.807) is 30.0 Å². The molecule has 1 amide bonds. The molecule has 2 atom stereocenters. The van der Waals surface area contributed by atoms with Gasteiger partial charge in [0.25, 0.3) is 5.91 Å². The van der Waals surface area contributed by atoms with Gasteiger partial charge in [0.05, 0.1) is 34.9 Å². The molecule has 2 fully saturated rings. The highest BCUT2D eigenvalue weighted by Crippen LogP contribution is 2.45. The van der Waals surface area contributed by atoms with Gasteiger partial charge in [-0.1, -0.05) is 0 Å². The normalized spacial score (nSPS) is 25.2. The lowest BCUT2D eigenvalue weighted by molar-refractivity contribution is -0.140. The average molecular weight is 448 g/mol. The molecule has 2 aliphatic rings. The number of nitrogens with one attached hydrogen (secondary N) is 1. The molecule has 166 valence electrons. The molecule has 10 heteroatoms. The predicted octanol–water partition coefficient (Wildman–Crippen LogP) is 1.50. The zero-order valence-corrected chi connectivity index (χ0v) is 17.6. The highest BCUT2D eigenvalue weighted by Gasteiger charge is 2.55. The number of sulfone groups is 1. The second-order valence-corrected chi connectivity index (χ2v) is 9.83. The van der Waals surface area contributed by atoms with E-state index in [4.69, 9.17) is 14.2 Å². The van der Waals surface area contributed by atoms with Crippen molar-refractivity contribution in [2.45, 2.75) is 36.4 Å². The minimum atomic E-state index is -3.81. The van der Waals surface area contributed by atoms with E-state index in [9.17, 15) is 18.4 Å². The van der Waals surface area contributed by atoms with E-state index in [0.717, 1.165) is 5.56 Å². The van der Waals surface area contributed by atoms with Crippen molar-refractivity contribution in [2.75, 3.05) is 19.2 Å². The van der Waals surface area contributed by atoms with Crippen molar-refractivity contribution in [1.29, 1.82) is 0 Å². The Bertz CT molecular complexity index is 1000. The number of aromatic nitrogens is 1. The van der Waals surface area contributed by atoms with E-state index in [-0.39, 0.29) is 36.7 Å². The van der Waals surface area contributed by atoms with E-state index in [1.165, 1.54) is 12.1 Å². The van der Waals surface area contributed by atoms with E-state index in [1.807, 2.05) is 12.1 Å². The molecule has 0 radical (unpaired) electrons. The quantitative estimate of drug-likeness (QED) is 0.460. The number of hydrogen-bond acceptors (Lipinski definition) is 8. The smallest absolute Gasteiger partial charge is 0.250 e. The Morgan fingerprint density at radius 3 is 2.39 bits per heavy atom. The fourth-order valence-corrected chi connectivity index (χ4v) is 5.99. The molecule has 1 saturated carbocycles. The Hall–Kier alpha value is -2.53. The Morgan fingerprint density at radius 2 is 1.77 bits per heavy atom. The van der Waals surface area contributed by atoms with Crippen molar-refractivity contribution in [3.8, 4) is 5.75 Å². The predicted molar refractivity (Wildman–Crippen MR) is 108 cm³/mol. The van der Waals surface area contributed by atoms with Crippen LogP contribution < -0.4 is 10.2 Å². The van der Waals surface area contributed by atoms with E-state index in [2.05, 4.69) is 4.98 Å². The molecule has 0 spiro atoms. The Labute approximate surface area is 180 Å². The first-order valence-electron chi connectivity index (χ1n) is 9.94. The summed E-state index contributed by atoms with van der Waals surface area (Å²) in [6.07, 6.45) is 3.75. The maximum absolute atomic E-state index is 13.1. The highest BCUT2D eigenvalue weighted by molar-refractivity contribution is 7.91. The number of ether oxygens (including phenoxy) is 3. The van der Waals surface area contributed by atoms with Crippen LogP contribution in [0.4, 0.5) is 0 Å². The van der Waals surface area contributed by atoms with Crippen LogP contribution in [0, 0.1) is 5.41 Å². The van der Waals surface area contributed by atoms with Gasteiger partial charge in [0.1, 0.15) is 12.5 Å². The molecule has 1 aliphatic heterocycles. The number of carbonyl (C=O) groups is 1. The molecule has 31 heavy (non-hydrogen) atoms. The van der Waals surface area contributed by atoms with Crippen LogP contribution in [0.3, 0.4) is 0 Å². The van der Waals surface area contributed by atoms with Crippen LogP contribution in [-0.2, 0) is 30.5 Å². The Morgan fingerprint density at radius 1 is 1.13 bits per heavy atom. The number of carbonyl (C=O) groups excluding carboxylic acids is 1. The maximum atomic E-state index is 13.1. The van der Waals surface area contributed by atoms with Crippen LogP contribution in [-0.4, -0.2) is 55.9 Å². The third-order valence-corrected chi connectivity index (χ3v) is 7.73. The first kappa shape index (κ1) is 21.7. The topological polar surface area (TPSA) is 124 Å². The fourth-order valence-electron chi connectivity index (χ4n) is 4.18.